The van der Waals surface area contributed by atoms with Crippen molar-refractivity contribution in [3.8, 4) is 0 Å². The summed E-state index contributed by atoms with van der Waals surface area (Å²) in [6.07, 6.45) is -2.78. The van der Waals surface area contributed by atoms with E-state index >= 15 is 0 Å². The molecule has 11 heteroatoms. The van der Waals surface area contributed by atoms with Crippen molar-refractivity contribution in [2.24, 2.45) is 10.3 Å². The van der Waals surface area contributed by atoms with Crippen LogP contribution in [0.25, 0.3) is 0 Å². The molecule has 1 aromatic rings. The maximum absolute atomic E-state index is 14.4. The third kappa shape index (κ3) is 4.26. The Bertz CT molecular complexity index is 1010. The summed E-state index contributed by atoms with van der Waals surface area (Å²) in [5.74, 6) is -0.755. The van der Waals surface area contributed by atoms with Crippen molar-refractivity contribution in [3.05, 3.63) is 17.9 Å². The molecule has 1 aliphatic carbocycles. The van der Waals surface area contributed by atoms with Crippen LogP contribution in [0.3, 0.4) is 0 Å². The second kappa shape index (κ2) is 7.61. The van der Waals surface area contributed by atoms with Crippen LogP contribution in [0.1, 0.15) is 39.5 Å². The smallest absolute Gasteiger partial charge is 0.358 e. The van der Waals surface area contributed by atoms with Gasteiger partial charge in [-0.2, -0.15) is 21.6 Å². The van der Waals surface area contributed by atoms with Gasteiger partial charge in [-0.15, -0.1) is 4.40 Å². The maximum atomic E-state index is 14.4. The molecule has 172 valence electrons. The first kappa shape index (κ1) is 22.3. The number of anilines is 2. The fourth-order valence-electron chi connectivity index (χ4n) is 4.32. The number of amidine groups is 1. The number of halogens is 4. The molecule has 0 unspecified atom stereocenters. The van der Waals surface area contributed by atoms with E-state index in [2.05, 4.69) is 9.71 Å². The monoisotopic (exact) mass is 462 g/mol. The summed E-state index contributed by atoms with van der Waals surface area (Å²) in [4.78, 5) is 2.59. The van der Waals surface area contributed by atoms with Crippen LogP contribution in [-0.2, 0) is 10.0 Å². The van der Waals surface area contributed by atoms with E-state index in [9.17, 15) is 26.0 Å². The van der Waals surface area contributed by atoms with Crippen LogP contribution in [0, 0.1) is 11.7 Å². The molecular weight excluding hydrogens is 436 g/mol. The summed E-state index contributed by atoms with van der Waals surface area (Å²) in [5, 5.41) is 2.92. The molecule has 2 aliphatic heterocycles. The first-order valence-electron chi connectivity index (χ1n) is 10.4. The van der Waals surface area contributed by atoms with Gasteiger partial charge in [-0.05, 0) is 58.7 Å². The summed E-state index contributed by atoms with van der Waals surface area (Å²) in [5.41, 5.74) is -0.0946. The van der Waals surface area contributed by atoms with Crippen LogP contribution in [-0.4, -0.2) is 57.0 Å². The van der Waals surface area contributed by atoms with Crippen molar-refractivity contribution in [2.45, 2.75) is 68.7 Å². The molecule has 0 aromatic heterocycles. The highest BCUT2D eigenvalue weighted by Gasteiger charge is 2.49. The largest absolute Gasteiger partial charge is 0.408 e. The normalized spacial score (nSPS) is 26.0. The minimum absolute atomic E-state index is 0.0109. The predicted molar refractivity (Wildman–Crippen MR) is 110 cm³/mol. The Hall–Kier alpha value is -1.88. The molecule has 3 aliphatic rings. The zero-order valence-corrected chi connectivity index (χ0v) is 18.4. The van der Waals surface area contributed by atoms with Crippen molar-refractivity contribution in [3.63, 3.8) is 0 Å². The van der Waals surface area contributed by atoms with Crippen molar-refractivity contribution in [1.82, 2.24) is 4.90 Å². The van der Waals surface area contributed by atoms with Gasteiger partial charge < -0.3 is 15.1 Å². The van der Waals surface area contributed by atoms with Gasteiger partial charge >= 0.3 is 6.18 Å². The predicted octanol–water partition coefficient (Wildman–Crippen LogP) is 3.99. The Balaban J connectivity index is 1.77. The highest BCUT2D eigenvalue weighted by atomic mass is 32.2. The van der Waals surface area contributed by atoms with Gasteiger partial charge in [0.1, 0.15) is 22.6 Å². The molecule has 0 spiro atoms. The van der Waals surface area contributed by atoms with Crippen molar-refractivity contribution < 1.29 is 26.0 Å². The molecular formula is C20H26F4N4O2S. The minimum Gasteiger partial charge on any atom is -0.358 e. The van der Waals surface area contributed by atoms with Crippen LogP contribution in [0.15, 0.2) is 21.4 Å². The topological polar surface area (TPSA) is 65.0 Å². The fourth-order valence-corrected chi connectivity index (χ4v) is 5.55. The minimum atomic E-state index is -4.56. The van der Waals surface area contributed by atoms with Gasteiger partial charge in [0.2, 0.25) is 0 Å². The Morgan fingerprint density at radius 1 is 1.23 bits per heavy atom. The molecule has 0 radical (unpaired) electrons. The summed E-state index contributed by atoms with van der Waals surface area (Å²) < 4.78 is 85.7. The number of nitrogens with one attached hydrogen (secondary N) is 1. The van der Waals surface area contributed by atoms with Gasteiger partial charge in [-0.3, -0.25) is 0 Å². The molecule has 1 saturated carbocycles. The van der Waals surface area contributed by atoms with E-state index in [1.807, 2.05) is 18.7 Å². The highest BCUT2D eigenvalue weighted by Crippen LogP contribution is 2.45. The lowest BCUT2D eigenvalue weighted by Crippen LogP contribution is -2.56. The lowest BCUT2D eigenvalue weighted by molar-refractivity contribution is -0.156. The number of sulfonamides is 1. The molecule has 6 nitrogen and oxygen atoms in total. The lowest BCUT2D eigenvalue weighted by Gasteiger charge is -2.45. The van der Waals surface area contributed by atoms with Gasteiger partial charge in [0, 0.05) is 24.5 Å². The number of benzene rings is 1. The van der Waals surface area contributed by atoms with Crippen LogP contribution < -0.4 is 10.2 Å². The molecule has 1 N–H and O–H groups in total. The van der Waals surface area contributed by atoms with Gasteiger partial charge in [-0.1, -0.05) is 0 Å². The van der Waals surface area contributed by atoms with E-state index in [4.69, 9.17) is 0 Å². The Morgan fingerprint density at radius 3 is 2.48 bits per heavy atom. The van der Waals surface area contributed by atoms with Gasteiger partial charge in [0.15, 0.2) is 0 Å². The molecule has 1 aromatic carbocycles. The van der Waals surface area contributed by atoms with E-state index in [1.165, 1.54) is 0 Å². The number of rotatable bonds is 4. The average molecular weight is 463 g/mol. The lowest BCUT2D eigenvalue weighted by atomic mass is 9.93. The van der Waals surface area contributed by atoms with Crippen LogP contribution >= 0.6 is 0 Å². The molecule has 31 heavy (non-hydrogen) atoms. The number of fused-ring (bicyclic) bond motifs is 1. The van der Waals surface area contributed by atoms with E-state index in [0.717, 1.165) is 29.9 Å². The first-order valence-corrected chi connectivity index (χ1v) is 11.8. The Morgan fingerprint density at radius 2 is 1.90 bits per heavy atom. The number of nitrogens with zero attached hydrogens (tertiary/aromatic N) is 3. The van der Waals surface area contributed by atoms with Crippen molar-refractivity contribution >= 4 is 27.2 Å². The second-order valence-electron chi connectivity index (χ2n) is 8.84. The summed E-state index contributed by atoms with van der Waals surface area (Å²) >= 11 is 0. The highest BCUT2D eigenvalue weighted by molar-refractivity contribution is 7.90. The maximum Gasteiger partial charge on any atom is 0.408 e. The average Bonchev–Trinajstić information content (AvgIpc) is 3.51. The quantitative estimate of drug-likeness (QED) is 0.686. The first-order chi connectivity index (χ1) is 14.4. The molecule has 2 heterocycles. The number of piperidine rings is 1. The second-order valence-corrected chi connectivity index (χ2v) is 10.4. The number of hydrogen-bond acceptors (Lipinski definition) is 5. The summed E-state index contributed by atoms with van der Waals surface area (Å²) in [6.45, 7) is 3.87. The van der Waals surface area contributed by atoms with Crippen LogP contribution in [0.5, 0.6) is 0 Å². The van der Waals surface area contributed by atoms with Crippen molar-refractivity contribution in [1.29, 1.82) is 0 Å². The van der Waals surface area contributed by atoms with Gasteiger partial charge in [0.05, 0.1) is 11.4 Å². The fraction of sp³-hybridized carbons (Fsp3) is 0.650. The van der Waals surface area contributed by atoms with Crippen LogP contribution in [0.4, 0.5) is 28.9 Å². The summed E-state index contributed by atoms with van der Waals surface area (Å²) in [7, 11) is -2.40. The zero-order chi connectivity index (χ0) is 22.7. The third-order valence-corrected chi connectivity index (χ3v) is 7.73. The van der Waals surface area contributed by atoms with E-state index < -0.39 is 33.0 Å². The number of hydrogen-bond donors (Lipinski definition) is 1. The SMILES string of the molecule is CC(C)N(C)[C@@H]1CCN(c2cc(F)cc3c2NC(C2CC2)=NS3(=O)=O)[C@H](C(F)(F)F)C1. The third-order valence-electron chi connectivity index (χ3n) is 6.41. The molecule has 2 fully saturated rings. The van der Waals surface area contributed by atoms with E-state index in [0.29, 0.717) is 6.42 Å². The number of alkyl halides is 3. The Labute approximate surface area is 179 Å². The van der Waals surface area contributed by atoms with Gasteiger partial charge in [-0.25, -0.2) is 4.39 Å². The van der Waals surface area contributed by atoms with E-state index in [-0.39, 0.29) is 48.2 Å². The standard InChI is InChI=1S/C20H26F4N4O2S/c1-11(2)27(3)14-6-7-28(17(10-14)20(22,23)24)15-8-13(21)9-16-18(15)25-19(12-4-5-12)26-31(16,29)30/h8-9,11-12,14,17H,4-7,10H2,1-3H3,(H,25,26)/t14-,17+/m1/s1. The Kier molecular flexibility index (Phi) is 5.48. The summed E-state index contributed by atoms with van der Waals surface area (Å²) in [6, 6.07) is -0.256. The molecule has 1 saturated heterocycles. The molecule has 2 atom stereocenters. The van der Waals surface area contributed by atoms with Crippen molar-refractivity contribution in [2.75, 3.05) is 23.8 Å². The molecule has 4 rings (SSSR count). The van der Waals surface area contributed by atoms with Gasteiger partial charge in [0.25, 0.3) is 10.0 Å². The molecule has 0 bridgehead atoms. The van der Waals surface area contributed by atoms with Crippen LogP contribution in [0.2, 0.25) is 0 Å². The molecule has 0 amide bonds. The van der Waals surface area contributed by atoms with E-state index in [1.54, 1.807) is 7.05 Å². The zero-order valence-electron chi connectivity index (χ0n) is 17.6.